The molecule has 128 valence electrons. The van der Waals surface area contributed by atoms with Crippen LogP contribution in [0.3, 0.4) is 0 Å². The molecule has 1 heterocycles. The Morgan fingerprint density at radius 1 is 0.808 bits per heavy atom. The summed E-state index contributed by atoms with van der Waals surface area (Å²) in [6, 6.07) is 27.9. The summed E-state index contributed by atoms with van der Waals surface area (Å²) in [7, 11) is 0. The molecule has 0 saturated heterocycles. The second-order valence-corrected chi connectivity index (χ2v) is 6.38. The average molecular weight is 340 g/mol. The Morgan fingerprint density at radius 3 is 2.19 bits per heavy atom. The van der Waals surface area contributed by atoms with Crippen LogP contribution >= 0.6 is 0 Å². The number of para-hydroxylation sites is 1. The molecule has 1 atom stereocenters. The lowest BCUT2D eigenvalue weighted by molar-refractivity contribution is 0.471. The normalized spacial score (nSPS) is 12.0. The minimum Gasteiger partial charge on any atom is -0.505 e. The molecule has 0 radical (unpaired) electrons. The van der Waals surface area contributed by atoms with E-state index in [2.05, 4.69) is 22.4 Å². The predicted octanol–water partition coefficient (Wildman–Crippen LogP) is 5.45. The van der Waals surface area contributed by atoms with Gasteiger partial charge in [-0.05, 0) is 30.7 Å². The number of aromatic hydroxyl groups is 1. The smallest absolute Gasteiger partial charge is 0.147 e. The van der Waals surface area contributed by atoms with Crippen molar-refractivity contribution in [1.29, 1.82) is 0 Å². The van der Waals surface area contributed by atoms with Crippen molar-refractivity contribution in [3.8, 4) is 5.75 Å². The summed E-state index contributed by atoms with van der Waals surface area (Å²) in [5, 5.41) is 15.5. The van der Waals surface area contributed by atoms with Crippen molar-refractivity contribution in [2.24, 2.45) is 0 Å². The summed E-state index contributed by atoms with van der Waals surface area (Å²) in [6.07, 6.45) is 0. The van der Waals surface area contributed by atoms with Crippen LogP contribution in [-0.4, -0.2) is 10.1 Å². The van der Waals surface area contributed by atoms with Crippen molar-refractivity contribution in [3.63, 3.8) is 0 Å². The second-order valence-electron chi connectivity index (χ2n) is 6.38. The Morgan fingerprint density at radius 2 is 1.46 bits per heavy atom. The van der Waals surface area contributed by atoms with Crippen LogP contribution in [0.1, 0.15) is 22.9 Å². The van der Waals surface area contributed by atoms with Gasteiger partial charge in [0, 0.05) is 22.3 Å². The molecule has 4 aromatic rings. The number of hydrogen-bond donors (Lipinski definition) is 2. The van der Waals surface area contributed by atoms with Crippen molar-refractivity contribution in [2.75, 3.05) is 5.32 Å². The molecule has 0 aliphatic rings. The van der Waals surface area contributed by atoms with Gasteiger partial charge in [0.1, 0.15) is 11.3 Å². The topological polar surface area (TPSA) is 45.1 Å². The lowest BCUT2D eigenvalue weighted by Crippen LogP contribution is -2.12. The monoisotopic (exact) mass is 340 g/mol. The quantitative estimate of drug-likeness (QED) is 0.519. The molecule has 3 aromatic carbocycles. The second kappa shape index (κ2) is 6.89. The van der Waals surface area contributed by atoms with E-state index in [4.69, 9.17) is 0 Å². The number of aromatic nitrogens is 1. The predicted molar refractivity (Wildman–Crippen MR) is 106 cm³/mol. The van der Waals surface area contributed by atoms with Gasteiger partial charge in [-0.3, -0.25) is 0 Å². The van der Waals surface area contributed by atoms with E-state index in [0.717, 1.165) is 27.9 Å². The van der Waals surface area contributed by atoms with E-state index in [0.29, 0.717) is 5.52 Å². The van der Waals surface area contributed by atoms with Gasteiger partial charge >= 0.3 is 0 Å². The molecule has 0 bridgehead atoms. The van der Waals surface area contributed by atoms with Crippen LogP contribution in [0.4, 0.5) is 5.69 Å². The van der Waals surface area contributed by atoms with Gasteiger partial charge in [0.2, 0.25) is 0 Å². The van der Waals surface area contributed by atoms with Crippen LogP contribution in [0.5, 0.6) is 5.75 Å². The minimum absolute atomic E-state index is 0.176. The molecule has 0 saturated carbocycles. The number of benzene rings is 3. The Kier molecular flexibility index (Phi) is 4.28. The number of anilines is 1. The van der Waals surface area contributed by atoms with Gasteiger partial charge in [-0.25, -0.2) is 4.98 Å². The molecular weight excluding hydrogens is 320 g/mol. The van der Waals surface area contributed by atoms with Crippen LogP contribution in [-0.2, 0) is 0 Å². The van der Waals surface area contributed by atoms with E-state index < -0.39 is 0 Å². The first-order valence-electron chi connectivity index (χ1n) is 8.68. The first-order valence-corrected chi connectivity index (χ1v) is 8.68. The van der Waals surface area contributed by atoms with Gasteiger partial charge < -0.3 is 10.4 Å². The van der Waals surface area contributed by atoms with E-state index >= 15 is 0 Å². The van der Waals surface area contributed by atoms with Gasteiger partial charge in [-0.15, -0.1) is 0 Å². The number of pyridine rings is 1. The molecule has 0 unspecified atom stereocenters. The third kappa shape index (κ3) is 3.11. The number of nitrogens with one attached hydrogen (secondary N) is 1. The summed E-state index contributed by atoms with van der Waals surface area (Å²) in [4.78, 5) is 4.54. The fraction of sp³-hybridized carbons (Fsp3) is 0.0870. The van der Waals surface area contributed by atoms with Crippen LogP contribution in [0.25, 0.3) is 10.9 Å². The molecule has 1 aromatic heterocycles. The van der Waals surface area contributed by atoms with E-state index in [-0.39, 0.29) is 11.8 Å². The van der Waals surface area contributed by atoms with Gasteiger partial charge in [0.05, 0.1) is 6.04 Å². The zero-order valence-corrected chi connectivity index (χ0v) is 14.6. The van der Waals surface area contributed by atoms with Gasteiger partial charge in [0.15, 0.2) is 0 Å². The highest BCUT2D eigenvalue weighted by Gasteiger charge is 2.19. The summed E-state index contributed by atoms with van der Waals surface area (Å²) in [5.41, 5.74) is 4.41. The molecule has 0 aliphatic carbocycles. The SMILES string of the molecule is Cc1ccc2ccc([C@H](Nc3ccccc3)c3ccccc3)c(O)c2n1. The summed E-state index contributed by atoms with van der Waals surface area (Å²) < 4.78 is 0. The molecule has 4 rings (SSSR count). The van der Waals surface area contributed by atoms with E-state index in [1.165, 1.54) is 0 Å². The number of rotatable bonds is 4. The van der Waals surface area contributed by atoms with Gasteiger partial charge in [0.25, 0.3) is 0 Å². The van der Waals surface area contributed by atoms with Gasteiger partial charge in [-0.1, -0.05) is 66.7 Å². The Balaban J connectivity index is 1.86. The number of hydrogen-bond acceptors (Lipinski definition) is 3. The Hall–Kier alpha value is -3.33. The number of aryl methyl sites for hydroxylation is 1. The molecule has 2 N–H and O–H groups in total. The molecule has 0 spiro atoms. The molecule has 0 aliphatic heterocycles. The number of phenols is 1. The standard InChI is InChI=1S/C23H20N2O/c1-16-12-13-18-14-15-20(23(26)22(18)24-16)21(17-8-4-2-5-9-17)25-19-10-6-3-7-11-19/h2-15,21,25-26H,1H3/t21-/m1/s1. The van der Waals surface area contributed by atoms with Crippen LogP contribution < -0.4 is 5.32 Å². The maximum absolute atomic E-state index is 11.0. The van der Waals surface area contributed by atoms with Crippen molar-refractivity contribution in [1.82, 2.24) is 4.98 Å². The van der Waals surface area contributed by atoms with E-state index in [1.54, 1.807) is 0 Å². The molecule has 0 fully saturated rings. The highest BCUT2D eigenvalue weighted by Crippen LogP contribution is 2.36. The van der Waals surface area contributed by atoms with Crippen LogP contribution in [0.15, 0.2) is 84.9 Å². The highest BCUT2D eigenvalue weighted by atomic mass is 16.3. The number of phenolic OH excluding ortho intramolecular Hbond substituents is 1. The lowest BCUT2D eigenvalue weighted by Gasteiger charge is -2.22. The summed E-state index contributed by atoms with van der Waals surface area (Å²) >= 11 is 0. The first-order chi connectivity index (χ1) is 12.7. The fourth-order valence-corrected chi connectivity index (χ4v) is 3.21. The third-order valence-corrected chi connectivity index (χ3v) is 4.53. The van der Waals surface area contributed by atoms with Crippen LogP contribution in [0.2, 0.25) is 0 Å². The maximum atomic E-state index is 11.0. The van der Waals surface area contributed by atoms with Crippen molar-refractivity contribution in [3.05, 3.63) is 102 Å². The molecular formula is C23H20N2O. The summed E-state index contributed by atoms with van der Waals surface area (Å²) in [6.45, 7) is 1.93. The minimum atomic E-state index is -0.176. The fourth-order valence-electron chi connectivity index (χ4n) is 3.21. The van der Waals surface area contributed by atoms with E-state index in [9.17, 15) is 5.11 Å². The van der Waals surface area contributed by atoms with Crippen molar-refractivity contribution < 1.29 is 5.11 Å². The zero-order chi connectivity index (χ0) is 17.9. The molecule has 26 heavy (non-hydrogen) atoms. The number of nitrogens with zero attached hydrogens (tertiary/aromatic N) is 1. The van der Waals surface area contributed by atoms with Crippen LogP contribution in [0, 0.1) is 6.92 Å². The molecule has 3 heteroatoms. The Bertz CT molecular complexity index is 1030. The highest BCUT2D eigenvalue weighted by molar-refractivity contribution is 5.86. The number of fused-ring (bicyclic) bond motifs is 1. The largest absolute Gasteiger partial charge is 0.505 e. The Labute approximate surface area is 153 Å². The van der Waals surface area contributed by atoms with Gasteiger partial charge in [-0.2, -0.15) is 0 Å². The summed E-state index contributed by atoms with van der Waals surface area (Å²) in [5.74, 6) is 0.225. The molecule has 3 nitrogen and oxygen atoms in total. The average Bonchev–Trinajstić information content (AvgIpc) is 2.69. The third-order valence-electron chi connectivity index (χ3n) is 4.53. The van der Waals surface area contributed by atoms with Crippen molar-refractivity contribution >= 4 is 16.6 Å². The lowest BCUT2D eigenvalue weighted by atomic mass is 9.96. The zero-order valence-electron chi connectivity index (χ0n) is 14.6. The first kappa shape index (κ1) is 16.2. The van der Waals surface area contributed by atoms with Crippen molar-refractivity contribution in [2.45, 2.75) is 13.0 Å². The van der Waals surface area contributed by atoms with E-state index in [1.807, 2.05) is 79.7 Å². The maximum Gasteiger partial charge on any atom is 0.147 e. The molecule has 0 amide bonds.